The van der Waals surface area contributed by atoms with E-state index in [0.717, 1.165) is 0 Å². The standard InChI is InChI=1S/C7H7F.C2H6.H2/c1-6-4-2-3-5-7(6)8;1-2;/h2-5H,1H3;1-2H3;1H. The molecule has 0 saturated carbocycles. The van der Waals surface area contributed by atoms with Crippen molar-refractivity contribution in [3.05, 3.63) is 35.6 Å². The lowest BCUT2D eigenvalue weighted by Gasteiger charge is -1.89. The molecule has 0 amide bonds. The first-order valence-corrected chi connectivity index (χ1v) is 3.52. The molecule has 10 heavy (non-hydrogen) atoms. The van der Waals surface area contributed by atoms with Gasteiger partial charge in [0.05, 0.1) is 0 Å². The molecular weight excluding hydrogens is 127 g/mol. The Labute approximate surface area is 63.2 Å². The fraction of sp³-hybridized carbons (Fsp3) is 0.333. The maximum atomic E-state index is 12.3. The second-order valence-corrected chi connectivity index (χ2v) is 1.75. The van der Waals surface area contributed by atoms with Crippen molar-refractivity contribution >= 4 is 0 Å². The highest BCUT2D eigenvalue weighted by molar-refractivity contribution is 5.14. The zero-order valence-corrected chi connectivity index (χ0v) is 6.69. The average Bonchev–Trinajstić information content (AvgIpc) is 2.00. The summed E-state index contributed by atoms with van der Waals surface area (Å²) < 4.78 is 12.3. The second kappa shape index (κ2) is 4.98. The first-order chi connectivity index (χ1) is 4.80. The van der Waals surface area contributed by atoms with Crippen LogP contribution in [0.2, 0.25) is 0 Å². The van der Waals surface area contributed by atoms with E-state index in [4.69, 9.17) is 0 Å². The Kier molecular flexibility index (Phi) is 4.55. The number of benzene rings is 1. The van der Waals surface area contributed by atoms with Gasteiger partial charge in [-0.05, 0) is 18.6 Å². The molecule has 0 bridgehead atoms. The molecule has 0 atom stereocenters. The van der Waals surface area contributed by atoms with Crippen LogP contribution < -0.4 is 0 Å². The van der Waals surface area contributed by atoms with Crippen molar-refractivity contribution in [2.24, 2.45) is 0 Å². The molecule has 0 aliphatic heterocycles. The minimum Gasteiger partial charge on any atom is -0.207 e. The van der Waals surface area contributed by atoms with E-state index in [1.807, 2.05) is 19.9 Å². The molecular formula is C9H15F. The van der Waals surface area contributed by atoms with Gasteiger partial charge in [-0.2, -0.15) is 0 Å². The Morgan fingerprint density at radius 3 is 2.00 bits per heavy atom. The second-order valence-electron chi connectivity index (χ2n) is 1.75. The van der Waals surface area contributed by atoms with Crippen molar-refractivity contribution in [1.82, 2.24) is 0 Å². The zero-order valence-electron chi connectivity index (χ0n) is 6.69. The van der Waals surface area contributed by atoms with Gasteiger partial charge in [0, 0.05) is 1.43 Å². The van der Waals surface area contributed by atoms with Crippen molar-refractivity contribution in [2.45, 2.75) is 20.8 Å². The lowest BCUT2D eigenvalue weighted by molar-refractivity contribution is 0.618. The Hall–Kier alpha value is -0.850. The molecule has 0 aliphatic rings. The normalized spacial score (nSPS) is 8.00. The third-order valence-corrected chi connectivity index (χ3v) is 1.08. The Bertz CT molecular complexity index is 166. The molecule has 0 nitrogen and oxygen atoms in total. The van der Waals surface area contributed by atoms with E-state index in [1.54, 1.807) is 19.1 Å². The van der Waals surface area contributed by atoms with Gasteiger partial charge < -0.3 is 0 Å². The molecule has 1 heteroatoms. The van der Waals surface area contributed by atoms with E-state index in [2.05, 4.69) is 0 Å². The van der Waals surface area contributed by atoms with Crippen molar-refractivity contribution in [3.63, 3.8) is 0 Å². The predicted octanol–water partition coefficient (Wildman–Crippen LogP) is 3.41. The highest BCUT2D eigenvalue weighted by Gasteiger charge is 1.88. The molecule has 0 heterocycles. The van der Waals surface area contributed by atoms with Crippen molar-refractivity contribution < 1.29 is 5.82 Å². The molecule has 0 radical (unpaired) electrons. The number of rotatable bonds is 0. The van der Waals surface area contributed by atoms with Crippen LogP contribution in [0, 0.1) is 12.7 Å². The molecule has 0 aliphatic carbocycles. The van der Waals surface area contributed by atoms with Gasteiger partial charge in [0.1, 0.15) is 5.82 Å². The Morgan fingerprint density at radius 1 is 1.20 bits per heavy atom. The van der Waals surface area contributed by atoms with Crippen LogP contribution in [0.5, 0.6) is 0 Å². The van der Waals surface area contributed by atoms with Crippen LogP contribution in [0.4, 0.5) is 4.39 Å². The van der Waals surface area contributed by atoms with Crippen LogP contribution in [-0.4, -0.2) is 0 Å². The Morgan fingerprint density at radius 2 is 1.70 bits per heavy atom. The van der Waals surface area contributed by atoms with Gasteiger partial charge in [-0.25, -0.2) is 4.39 Å². The van der Waals surface area contributed by atoms with E-state index in [9.17, 15) is 4.39 Å². The summed E-state index contributed by atoms with van der Waals surface area (Å²) in [5.41, 5.74) is 0.701. The predicted molar refractivity (Wildman–Crippen MR) is 44.6 cm³/mol. The minimum absolute atomic E-state index is 0. The van der Waals surface area contributed by atoms with Crippen LogP contribution in [0.15, 0.2) is 24.3 Å². The molecule has 0 N–H and O–H groups in total. The summed E-state index contributed by atoms with van der Waals surface area (Å²) in [6.45, 7) is 5.75. The summed E-state index contributed by atoms with van der Waals surface area (Å²) in [7, 11) is 0. The maximum Gasteiger partial charge on any atom is 0.126 e. The van der Waals surface area contributed by atoms with Gasteiger partial charge in [0.25, 0.3) is 0 Å². The summed E-state index contributed by atoms with van der Waals surface area (Å²) in [5, 5.41) is 0. The fourth-order valence-corrected chi connectivity index (χ4v) is 0.551. The zero-order chi connectivity index (χ0) is 7.98. The van der Waals surface area contributed by atoms with Crippen LogP contribution >= 0.6 is 0 Å². The maximum absolute atomic E-state index is 12.3. The van der Waals surface area contributed by atoms with Gasteiger partial charge in [0.2, 0.25) is 0 Å². The third kappa shape index (κ3) is 2.62. The van der Waals surface area contributed by atoms with Gasteiger partial charge in [-0.15, -0.1) is 0 Å². The lowest BCUT2D eigenvalue weighted by atomic mass is 10.2. The average molecular weight is 142 g/mol. The summed E-state index contributed by atoms with van der Waals surface area (Å²) in [4.78, 5) is 0. The van der Waals surface area contributed by atoms with E-state index < -0.39 is 0 Å². The molecule has 0 spiro atoms. The van der Waals surface area contributed by atoms with Crippen molar-refractivity contribution in [2.75, 3.05) is 0 Å². The van der Waals surface area contributed by atoms with Crippen molar-refractivity contribution in [3.8, 4) is 0 Å². The first kappa shape index (κ1) is 9.15. The third-order valence-electron chi connectivity index (χ3n) is 1.08. The van der Waals surface area contributed by atoms with Crippen LogP contribution in [0.3, 0.4) is 0 Å². The molecule has 0 unspecified atom stereocenters. The molecule has 0 aromatic heterocycles. The topological polar surface area (TPSA) is 0 Å². The molecule has 1 rings (SSSR count). The summed E-state index contributed by atoms with van der Waals surface area (Å²) in [6.07, 6.45) is 0. The van der Waals surface area contributed by atoms with Gasteiger partial charge >= 0.3 is 0 Å². The minimum atomic E-state index is -0.132. The van der Waals surface area contributed by atoms with E-state index in [-0.39, 0.29) is 7.24 Å². The van der Waals surface area contributed by atoms with Gasteiger partial charge in [-0.3, -0.25) is 0 Å². The number of hydrogen-bond donors (Lipinski definition) is 0. The molecule has 58 valence electrons. The molecule has 0 fully saturated rings. The molecule has 1 aromatic carbocycles. The molecule has 0 saturated heterocycles. The van der Waals surface area contributed by atoms with Crippen molar-refractivity contribution in [1.29, 1.82) is 0 Å². The van der Waals surface area contributed by atoms with Crippen LogP contribution in [0.1, 0.15) is 20.8 Å². The SMILES string of the molecule is CC.Cc1ccccc1F.[HH]. The first-order valence-electron chi connectivity index (χ1n) is 3.52. The van der Waals surface area contributed by atoms with E-state index >= 15 is 0 Å². The summed E-state index contributed by atoms with van der Waals surface area (Å²) in [5.74, 6) is -0.132. The summed E-state index contributed by atoms with van der Waals surface area (Å²) in [6, 6.07) is 6.70. The van der Waals surface area contributed by atoms with Gasteiger partial charge in [-0.1, -0.05) is 32.0 Å². The monoisotopic (exact) mass is 142 g/mol. The number of hydrogen-bond acceptors (Lipinski definition) is 0. The number of halogens is 1. The quantitative estimate of drug-likeness (QED) is 0.520. The smallest absolute Gasteiger partial charge is 0.126 e. The lowest BCUT2D eigenvalue weighted by Crippen LogP contribution is -1.76. The van der Waals surface area contributed by atoms with E-state index in [0.29, 0.717) is 5.56 Å². The molecule has 1 aromatic rings. The Balaban J connectivity index is 0. The largest absolute Gasteiger partial charge is 0.207 e. The van der Waals surface area contributed by atoms with Gasteiger partial charge in [0.15, 0.2) is 0 Å². The highest BCUT2D eigenvalue weighted by Crippen LogP contribution is 2.01. The fourth-order valence-electron chi connectivity index (χ4n) is 0.551. The van der Waals surface area contributed by atoms with Crippen LogP contribution in [0.25, 0.3) is 0 Å². The van der Waals surface area contributed by atoms with E-state index in [1.165, 1.54) is 6.07 Å². The highest BCUT2D eigenvalue weighted by atomic mass is 19.1. The number of aryl methyl sites for hydroxylation is 1. The summed E-state index contributed by atoms with van der Waals surface area (Å²) >= 11 is 0. The van der Waals surface area contributed by atoms with Crippen LogP contribution in [-0.2, 0) is 0 Å².